The summed E-state index contributed by atoms with van der Waals surface area (Å²) in [5.74, 6) is -0.353. The van der Waals surface area contributed by atoms with E-state index >= 15 is 0 Å². The monoisotopic (exact) mass is 395 g/mol. The minimum absolute atomic E-state index is 0.146. The summed E-state index contributed by atoms with van der Waals surface area (Å²) in [5, 5.41) is 2.60. The maximum atomic E-state index is 12.4. The van der Waals surface area contributed by atoms with Crippen LogP contribution in [0.25, 0.3) is 0 Å². The Morgan fingerprint density at radius 2 is 2.00 bits per heavy atom. The van der Waals surface area contributed by atoms with E-state index in [-0.39, 0.29) is 23.7 Å². The number of hydrogen-bond donors (Lipinski definition) is 1. The zero-order valence-electron chi connectivity index (χ0n) is 14.4. The molecule has 0 spiro atoms. The molecule has 0 aliphatic carbocycles. The van der Waals surface area contributed by atoms with E-state index in [4.69, 9.17) is 27.9 Å². The van der Waals surface area contributed by atoms with Crippen LogP contribution < -0.4 is 11.0 Å². The number of ether oxygens (including phenoxy) is 1. The van der Waals surface area contributed by atoms with Crippen LogP contribution >= 0.6 is 23.2 Å². The van der Waals surface area contributed by atoms with Gasteiger partial charge in [0.15, 0.2) is 10.6 Å². The van der Waals surface area contributed by atoms with Crippen molar-refractivity contribution in [2.45, 2.75) is 36.9 Å². The SMILES string of the molecule is CC[C@H]1OC(n2ccc(NC(=O)c3ccccc3)nc2=O)C(Cl)(Cl)[C@@H]1C. The third kappa shape index (κ3) is 3.49. The minimum Gasteiger partial charge on any atom is -0.351 e. The first kappa shape index (κ1) is 18.9. The predicted molar refractivity (Wildman–Crippen MR) is 101 cm³/mol. The fraction of sp³-hybridized carbons (Fsp3) is 0.389. The third-order valence-electron chi connectivity index (χ3n) is 4.56. The number of amides is 1. The Hall–Kier alpha value is -1.89. The van der Waals surface area contributed by atoms with Crippen molar-refractivity contribution in [1.29, 1.82) is 0 Å². The molecule has 1 amide bonds. The maximum absolute atomic E-state index is 12.4. The van der Waals surface area contributed by atoms with E-state index in [0.717, 1.165) is 6.42 Å². The second kappa shape index (κ2) is 7.39. The summed E-state index contributed by atoms with van der Waals surface area (Å²) in [6.07, 6.45) is 1.21. The Bertz CT molecular complexity index is 854. The van der Waals surface area contributed by atoms with Crippen LogP contribution in [0.15, 0.2) is 47.4 Å². The number of halogens is 2. The van der Waals surface area contributed by atoms with Crippen LogP contribution in [-0.2, 0) is 4.74 Å². The highest BCUT2D eigenvalue weighted by Crippen LogP contribution is 2.50. The number of carbonyl (C=O) groups excluding carboxylic acids is 1. The van der Waals surface area contributed by atoms with Crippen molar-refractivity contribution in [3.63, 3.8) is 0 Å². The summed E-state index contributed by atoms with van der Waals surface area (Å²) in [5.41, 5.74) is -0.131. The molecule has 1 saturated heterocycles. The number of benzene rings is 1. The van der Waals surface area contributed by atoms with Gasteiger partial charge in [-0.25, -0.2) is 4.79 Å². The van der Waals surface area contributed by atoms with Gasteiger partial charge < -0.3 is 10.1 Å². The average Bonchev–Trinajstić information content (AvgIpc) is 2.85. The first-order valence-electron chi connectivity index (χ1n) is 8.33. The van der Waals surface area contributed by atoms with E-state index < -0.39 is 16.3 Å². The van der Waals surface area contributed by atoms with Gasteiger partial charge in [-0.05, 0) is 24.6 Å². The lowest BCUT2D eigenvalue weighted by molar-refractivity contribution is -0.00914. The van der Waals surface area contributed by atoms with Gasteiger partial charge in [-0.3, -0.25) is 9.36 Å². The van der Waals surface area contributed by atoms with Gasteiger partial charge in [0, 0.05) is 17.7 Å². The van der Waals surface area contributed by atoms with Crippen molar-refractivity contribution in [2.24, 2.45) is 5.92 Å². The lowest BCUT2D eigenvalue weighted by atomic mass is 10.0. The number of rotatable bonds is 4. The van der Waals surface area contributed by atoms with Gasteiger partial charge in [-0.2, -0.15) is 4.98 Å². The van der Waals surface area contributed by atoms with Crippen LogP contribution in [-0.4, -0.2) is 25.9 Å². The highest BCUT2D eigenvalue weighted by molar-refractivity contribution is 6.49. The number of nitrogens with one attached hydrogen (secondary N) is 1. The molecular formula is C18H19Cl2N3O3. The molecule has 6 nitrogen and oxygen atoms in total. The maximum Gasteiger partial charge on any atom is 0.351 e. The number of nitrogens with zero attached hydrogens (tertiary/aromatic N) is 2. The fourth-order valence-corrected chi connectivity index (χ4v) is 3.58. The molecular weight excluding hydrogens is 377 g/mol. The van der Waals surface area contributed by atoms with Gasteiger partial charge in [0.05, 0.1) is 6.10 Å². The van der Waals surface area contributed by atoms with Crippen molar-refractivity contribution in [2.75, 3.05) is 5.32 Å². The van der Waals surface area contributed by atoms with Crippen LogP contribution in [0.5, 0.6) is 0 Å². The van der Waals surface area contributed by atoms with E-state index in [2.05, 4.69) is 10.3 Å². The first-order valence-corrected chi connectivity index (χ1v) is 9.09. The molecule has 0 saturated carbocycles. The van der Waals surface area contributed by atoms with Gasteiger partial charge in [-0.1, -0.05) is 55.2 Å². The van der Waals surface area contributed by atoms with E-state index in [9.17, 15) is 9.59 Å². The second-order valence-corrected chi connectivity index (χ2v) is 7.67. The second-order valence-electron chi connectivity index (χ2n) is 6.22. The molecule has 1 fully saturated rings. The molecule has 1 unspecified atom stereocenters. The Balaban J connectivity index is 1.82. The Morgan fingerprint density at radius 3 is 2.58 bits per heavy atom. The largest absolute Gasteiger partial charge is 0.351 e. The zero-order valence-corrected chi connectivity index (χ0v) is 15.9. The predicted octanol–water partition coefficient (Wildman–Crippen LogP) is 3.61. The Morgan fingerprint density at radius 1 is 1.31 bits per heavy atom. The van der Waals surface area contributed by atoms with E-state index in [1.54, 1.807) is 24.3 Å². The lowest BCUT2D eigenvalue weighted by Gasteiger charge is -2.25. The summed E-state index contributed by atoms with van der Waals surface area (Å²) in [7, 11) is 0. The molecule has 1 aliphatic heterocycles. The molecule has 1 aromatic carbocycles. The lowest BCUT2D eigenvalue weighted by Crippen LogP contribution is -2.36. The molecule has 0 bridgehead atoms. The number of aromatic nitrogens is 2. The van der Waals surface area contributed by atoms with Crippen LogP contribution in [0.3, 0.4) is 0 Å². The number of anilines is 1. The van der Waals surface area contributed by atoms with Gasteiger partial charge in [-0.15, -0.1) is 0 Å². The van der Waals surface area contributed by atoms with Crippen LogP contribution in [0.1, 0.15) is 36.9 Å². The van der Waals surface area contributed by atoms with Crippen molar-refractivity contribution in [3.8, 4) is 0 Å². The van der Waals surface area contributed by atoms with Crippen molar-refractivity contribution >= 4 is 34.9 Å². The molecule has 3 atom stereocenters. The molecule has 26 heavy (non-hydrogen) atoms. The molecule has 138 valence electrons. The van der Waals surface area contributed by atoms with E-state index in [1.165, 1.54) is 16.8 Å². The molecule has 8 heteroatoms. The minimum atomic E-state index is -1.25. The summed E-state index contributed by atoms with van der Waals surface area (Å²) in [6, 6.07) is 10.2. The first-order chi connectivity index (χ1) is 12.3. The summed E-state index contributed by atoms with van der Waals surface area (Å²) in [6.45, 7) is 3.86. The van der Waals surface area contributed by atoms with Crippen molar-refractivity contribution in [3.05, 3.63) is 58.6 Å². The standard InChI is InChI=1S/C18H19Cl2N3O3/c1-3-13-11(2)18(19,20)16(26-13)23-10-9-14(22-17(23)25)21-15(24)12-7-5-4-6-8-12/h4-11,13,16H,3H2,1-2H3,(H,21,22,24,25)/t11-,13-,16?/m1/s1. The molecule has 1 N–H and O–H groups in total. The van der Waals surface area contributed by atoms with Gasteiger partial charge in [0.25, 0.3) is 5.91 Å². The topological polar surface area (TPSA) is 73.2 Å². The number of hydrogen-bond acceptors (Lipinski definition) is 4. The van der Waals surface area contributed by atoms with Gasteiger partial charge in [0.1, 0.15) is 5.82 Å². The van der Waals surface area contributed by atoms with Crippen molar-refractivity contribution < 1.29 is 9.53 Å². The van der Waals surface area contributed by atoms with E-state index in [1.807, 2.05) is 19.9 Å². The fourth-order valence-electron chi connectivity index (χ4n) is 2.99. The van der Waals surface area contributed by atoms with Crippen molar-refractivity contribution in [1.82, 2.24) is 9.55 Å². The number of alkyl halides is 2. The molecule has 1 aliphatic rings. The van der Waals surface area contributed by atoms with Crippen LogP contribution in [0, 0.1) is 5.92 Å². The van der Waals surface area contributed by atoms with Crippen LogP contribution in [0.2, 0.25) is 0 Å². The quantitative estimate of drug-likeness (QED) is 0.802. The smallest absolute Gasteiger partial charge is 0.351 e. The van der Waals surface area contributed by atoms with Gasteiger partial charge >= 0.3 is 5.69 Å². The highest BCUT2D eigenvalue weighted by Gasteiger charge is 2.53. The van der Waals surface area contributed by atoms with Gasteiger partial charge in [0.2, 0.25) is 0 Å². The molecule has 0 radical (unpaired) electrons. The number of carbonyl (C=O) groups is 1. The van der Waals surface area contributed by atoms with E-state index in [0.29, 0.717) is 5.56 Å². The molecule has 3 rings (SSSR count). The summed E-state index contributed by atoms with van der Waals surface area (Å²) in [4.78, 5) is 28.5. The Kier molecular flexibility index (Phi) is 5.37. The normalized spacial score (nSPS) is 24.4. The molecule has 2 heterocycles. The zero-order chi connectivity index (χ0) is 18.9. The summed E-state index contributed by atoms with van der Waals surface area (Å²) < 4.78 is 5.87. The third-order valence-corrected chi connectivity index (χ3v) is 5.62. The molecule has 1 aromatic heterocycles. The molecule has 2 aromatic rings. The summed E-state index contributed by atoms with van der Waals surface area (Å²) >= 11 is 12.9. The van der Waals surface area contributed by atoms with Crippen LogP contribution in [0.4, 0.5) is 5.82 Å². The highest BCUT2D eigenvalue weighted by atomic mass is 35.5. The average molecular weight is 396 g/mol. The Labute approximate surface area is 161 Å².